The number of ether oxygens (including phenoxy) is 2. The first-order chi connectivity index (χ1) is 16.0. The minimum atomic E-state index is -0.288. The molecule has 33 heavy (non-hydrogen) atoms. The van der Waals surface area contributed by atoms with Crippen molar-refractivity contribution in [1.29, 1.82) is 5.26 Å². The number of rotatable bonds is 9. The predicted octanol–water partition coefficient (Wildman–Crippen LogP) is 5.21. The molecule has 3 rings (SSSR count). The van der Waals surface area contributed by atoms with Gasteiger partial charge in [-0.1, -0.05) is 41.1 Å². The third kappa shape index (κ3) is 6.82. The Kier molecular flexibility index (Phi) is 8.44. The van der Waals surface area contributed by atoms with E-state index in [0.717, 1.165) is 11.1 Å². The summed E-state index contributed by atoms with van der Waals surface area (Å²) in [6, 6.07) is 20.3. The predicted molar refractivity (Wildman–Crippen MR) is 130 cm³/mol. The van der Waals surface area contributed by atoms with Gasteiger partial charge in [0.05, 0.1) is 29.4 Å². The average Bonchev–Trinajstić information content (AvgIpc) is 2.82. The lowest BCUT2D eigenvalue weighted by molar-refractivity contribution is -0.118. The Hall–Kier alpha value is -3.83. The number of oxime groups is 1. The molecule has 168 valence electrons. The molecule has 8 heteroatoms. The van der Waals surface area contributed by atoms with Crippen molar-refractivity contribution in [1.82, 2.24) is 0 Å². The van der Waals surface area contributed by atoms with Crippen molar-refractivity contribution >= 4 is 33.7 Å². The van der Waals surface area contributed by atoms with Gasteiger partial charge >= 0.3 is 0 Å². The van der Waals surface area contributed by atoms with Gasteiger partial charge in [-0.05, 0) is 53.2 Å². The summed E-state index contributed by atoms with van der Waals surface area (Å²) in [5.74, 6) is 0.547. The number of hydrogen-bond acceptors (Lipinski definition) is 6. The molecule has 0 aliphatic rings. The standard InChI is InChI=1S/C25H22BrN3O4/c1-17-7-9-21(10-8-17)29-24(30)16-32-25-22(26)11-18(12-23(25)31-2)14-28-33-15-20-6-4-3-5-19(20)13-27/h3-12,14H,15-16H2,1-2H3,(H,29,30)/b28-14-. The molecule has 1 N–H and O–H groups in total. The molecule has 0 atom stereocenters. The molecule has 0 radical (unpaired) electrons. The van der Waals surface area contributed by atoms with E-state index in [2.05, 4.69) is 32.5 Å². The van der Waals surface area contributed by atoms with Crippen LogP contribution in [0.15, 0.2) is 70.3 Å². The van der Waals surface area contributed by atoms with Crippen molar-refractivity contribution in [3.8, 4) is 17.6 Å². The van der Waals surface area contributed by atoms with Gasteiger partial charge < -0.3 is 19.6 Å². The SMILES string of the molecule is COc1cc(/C=N\OCc2ccccc2C#N)cc(Br)c1OCC(=O)Nc1ccc(C)cc1. The van der Waals surface area contributed by atoms with Gasteiger partial charge in [-0.3, -0.25) is 4.79 Å². The van der Waals surface area contributed by atoms with Crippen LogP contribution in [0.2, 0.25) is 0 Å². The van der Waals surface area contributed by atoms with Crippen LogP contribution in [0.25, 0.3) is 0 Å². The van der Waals surface area contributed by atoms with E-state index < -0.39 is 0 Å². The van der Waals surface area contributed by atoms with Crippen molar-refractivity contribution in [3.63, 3.8) is 0 Å². The quantitative estimate of drug-likeness (QED) is 0.317. The number of carbonyl (C=O) groups is 1. The van der Waals surface area contributed by atoms with E-state index in [4.69, 9.17) is 19.6 Å². The second-order valence-electron chi connectivity index (χ2n) is 7.01. The number of benzene rings is 3. The Balaban J connectivity index is 1.60. The number of amides is 1. The molecule has 0 saturated heterocycles. The van der Waals surface area contributed by atoms with Gasteiger partial charge in [-0.25, -0.2) is 0 Å². The van der Waals surface area contributed by atoms with Crippen LogP contribution in [0, 0.1) is 18.3 Å². The summed E-state index contributed by atoms with van der Waals surface area (Å²) in [4.78, 5) is 17.6. The zero-order valence-corrected chi connectivity index (χ0v) is 19.8. The highest BCUT2D eigenvalue weighted by molar-refractivity contribution is 9.10. The van der Waals surface area contributed by atoms with E-state index in [1.807, 2.05) is 43.3 Å². The maximum atomic E-state index is 12.2. The second kappa shape index (κ2) is 11.7. The van der Waals surface area contributed by atoms with Gasteiger partial charge in [0, 0.05) is 16.8 Å². The molecule has 0 saturated carbocycles. The summed E-state index contributed by atoms with van der Waals surface area (Å²) in [7, 11) is 1.51. The zero-order valence-electron chi connectivity index (χ0n) is 18.2. The van der Waals surface area contributed by atoms with Gasteiger partial charge in [0.2, 0.25) is 0 Å². The molecule has 0 aromatic heterocycles. The summed E-state index contributed by atoms with van der Waals surface area (Å²) in [5.41, 5.74) is 3.81. The van der Waals surface area contributed by atoms with Gasteiger partial charge in [0.25, 0.3) is 5.91 Å². The Labute approximate surface area is 200 Å². The fourth-order valence-corrected chi connectivity index (χ4v) is 3.46. The van der Waals surface area contributed by atoms with E-state index in [9.17, 15) is 4.79 Å². The van der Waals surface area contributed by atoms with E-state index >= 15 is 0 Å². The number of carbonyl (C=O) groups excluding carboxylic acids is 1. The van der Waals surface area contributed by atoms with Crippen molar-refractivity contribution in [2.24, 2.45) is 5.16 Å². The fraction of sp³-hybridized carbons (Fsp3) is 0.160. The highest BCUT2D eigenvalue weighted by Crippen LogP contribution is 2.36. The second-order valence-corrected chi connectivity index (χ2v) is 7.87. The molecule has 0 aliphatic carbocycles. The van der Waals surface area contributed by atoms with Crippen LogP contribution >= 0.6 is 15.9 Å². The minimum absolute atomic E-state index is 0.176. The summed E-state index contributed by atoms with van der Waals surface area (Å²) in [5, 5.41) is 15.9. The van der Waals surface area contributed by atoms with Crippen molar-refractivity contribution in [3.05, 3.63) is 87.4 Å². The van der Waals surface area contributed by atoms with Crippen LogP contribution in [-0.4, -0.2) is 25.8 Å². The molecular weight excluding hydrogens is 486 g/mol. The molecule has 7 nitrogen and oxygen atoms in total. The molecule has 1 amide bonds. The normalized spacial score (nSPS) is 10.5. The molecule has 0 fully saturated rings. The van der Waals surface area contributed by atoms with E-state index in [1.165, 1.54) is 13.3 Å². The smallest absolute Gasteiger partial charge is 0.262 e. The van der Waals surface area contributed by atoms with E-state index in [-0.39, 0.29) is 19.1 Å². The number of aryl methyl sites for hydroxylation is 1. The van der Waals surface area contributed by atoms with Crippen molar-refractivity contribution < 1.29 is 19.1 Å². The first-order valence-electron chi connectivity index (χ1n) is 10.0. The van der Waals surface area contributed by atoms with Gasteiger partial charge in [-0.2, -0.15) is 5.26 Å². The number of halogens is 1. The number of anilines is 1. The lowest BCUT2D eigenvalue weighted by Gasteiger charge is -2.13. The Morgan fingerprint density at radius 1 is 1.18 bits per heavy atom. The van der Waals surface area contributed by atoms with Crippen LogP contribution in [0.1, 0.15) is 22.3 Å². The number of nitriles is 1. The van der Waals surface area contributed by atoms with Crippen LogP contribution in [-0.2, 0) is 16.2 Å². The summed E-state index contributed by atoms with van der Waals surface area (Å²) >= 11 is 3.45. The Morgan fingerprint density at radius 2 is 1.94 bits per heavy atom. The highest BCUT2D eigenvalue weighted by Gasteiger charge is 2.13. The zero-order chi connectivity index (χ0) is 23.6. The topological polar surface area (TPSA) is 92.9 Å². The van der Waals surface area contributed by atoms with Crippen LogP contribution in [0.5, 0.6) is 11.5 Å². The van der Waals surface area contributed by atoms with Crippen molar-refractivity contribution in [2.75, 3.05) is 19.0 Å². The molecular formula is C25H22BrN3O4. The van der Waals surface area contributed by atoms with E-state index in [0.29, 0.717) is 32.8 Å². The monoisotopic (exact) mass is 507 g/mol. The number of hydrogen-bond donors (Lipinski definition) is 1. The van der Waals surface area contributed by atoms with Crippen LogP contribution < -0.4 is 14.8 Å². The Bertz CT molecular complexity index is 1190. The number of nitrogens with zero attached hydrogens (tertiary/aromatic N) is 2. The molecule has 0 unspecified atom stereocenters. The summed E-state index contributed by atoms with van der Waals surface area (Å²) in [6.45, 7) is 1.97. The molecule has 0 aliphatic heterocycles. The fourth-order valence-electron chi connectivity index (χ4n) is 2.89. The highest BCUT2D eigenvalue weighted by atomic mass is 79.9. The van der Waals surface area contributed by atoms with Gasteiger partial charge in [-0.15, -0.1) is 0 Å². The molecule has 0 bridgehead atoms. The van der Waals surface area contributed by atoms with Gasteiger partial charge in [0.1, 0.15) is 6.61 Å². The average molecular weight is 508 g/mol. The largest absolute Gasteiger partial charge is 0.493 e. The van der Waals surface area contributed by atoms with Crippen molar-refractivity contribution in [2.45, 2.75) is 13.5 Å². The van der Waals surface area contributed by atoms with Crippen LogP contribution in [0.4, 0.5) is 5.69 Å². The van der Waals surface area contributed by atoms with E-state index in [1.54, 1.807) is 24.3 Å². The number of nitrogens with one attached hydrogen (secondary N) is 1. The Morgan fingerprint density at radius 3 is 2.67 bits per heavy atom. The maximum absolute atomic E-state index is 12.2. The lowest BCUT2D eigenvalue weighted by Crippen LogP contribution is -2.20. The summed E-state index contributed by atoms with van der Waals surface area (Å²) in [6.07, 6.45) is 1.52. The third-order valence-electron chi connectivity index (χ3n) is 4.57. The molecule has 3 aromatic carbocycles. The molecule has 3 aromatic rings. The van der Waals surface area contributed by atoms with Crippen LogP contribution in [0.3, 0.4) is 0 Å². The summed E-state index contributed by atoms with van der Waals surface area (Å²) < 4.78 is 11.7. The maximum Gasteiger partial charge on any atom is 0.262 e. The lowest BCUT2D eigenvalue weighted by atomic mass is 10.1. The third-order valence-corrected chi connectivity index (χ3v) is 5.16. The van der Waals surface area contributed by atoms with Gasteiger partial charge in [0.15, 0.2) is 18.1 Å². The molecule has 0 heterocycles. The number of methoxy groups -OCH3 is 1. The first-order valence-corrected chi connectivity index (χ1v) is 10.8. The molecule has 0 spiro atoms. The first kappa shape index (κ1) is 23.8. The minimum Gasteiger partial charge on any atom is -0.493 e.